The number of aromatic nitrogens is 2. The summed E-state index contributed by atoms with van der Waals surface area (Å²) in [5.74, 6) is -2.41. The fourth-order valence-electron chi connectivity index (χ4n) is 5.03. The number of rotatable bonds is 10. The largest absolute Gasteiger partial charge is 0.490 e. The van der Waals surface area contributed by atoms with E-state index < -0.39 is 49.4 Å². The minimum absolute atomic E-state index is 0.00753. The Hall–Kier alpha value is -3.99. The lowest BCUT2D eigenvalue weighted by Gasteiger charge is -2.23. The molecule has 6 rings (SSSR count). The van der Waals surface area contributed by atoms with Gasteiger partial charge in [0.25, 0.3) is 5.91 Å². The summed E-state index contributed by atoms with van der Waals surface area (Å²) < 4.78 is 82.6. The molecule has 1 atom stereocenters. The number of nitrogens with one attached hydrogen (secondary N) is 1. The van der Waals surface area contributed by atoms with E-state index in [1.54, 1.807) is 6.07 Å². The van der Waals surface area contributed by atoms with Crippen molar-refractivity contribution in [1.82, 2.24) is 15.3 Å². The number of fused-ring (bicyclic) bond motifs is 2. The average Bonchev–Trinajstić information content (AvgIpc) is 3.74. The molecule has 0 spiro atoms. The van der Waals surface area contributed by atoms with Crippen molar-refractivity contribution in [1.29, 1.82) is 0 Å². The van der Waals surface area contributed by atoms with E-state index >= 15 is 0 Å². The second kappa shape index (κ2) is 11.6. The second-order valence-electron chi connectivity index (χ2n) is 10.8. The zero-order valence-electron chi connectivity index (χ0n) is 22.6. The SMILES string of the molecule is O=C(NCC(c1cc2c(c(-c3ccc(F)cc3)n1)OCC2(CF)CF)C(F)F)c1cc(OC2CC2)c2ncc(Cl)cc2c1. The van der Waals surface area contributed by atoms with E-state index in [1.165, 1.54) is 36.5 Å². The molecule has 1 fully saturated rings. The van der Waals surface area contributed by atoms with E-state index in [0.717, 1.165) is 25.0 Å². The highest BCUT2D eigenvalue weighted by Crippen LogP contribution is 2.46. The zero-order chi connectivity index (χ0) is 30.3. The number of halogens is 6. The number of benzene rings is 2. The summed E-state index contributed by atoms with van der Waals surface area (Å²) in [4.78, 5) is 21.9. The highest BCUT2D eigenvalue weighted by molar-refractivity contribution is 6.31. The van der Waals surface area contributed by atoms with Gasteiger partial charge in [-0.15, -0.1) is 0 Å². The van der Waals surface area contributed by atoms with Crippen molar-refractivity contribution in [3.8, 4) is 22.8 Å². The number of carbonyl (C=O) groups is 1. The predicted octanol–water partition coefficient (Wildman–Crippen LogP) is 6.98. The topological polar surface area (TPSA) is 73.3 Å². The molecule has 2 aromatic carbocycles. The molecule has 4 aromatic rings. The fourth-order valence-corrected chi connectivity index (χ4v) is 5.20. The molecule has 224 valence electrons. The third-order valence-corrected chi connectivity index (χ3v) is 7.85. The van der Waals surface area contributed by atoms with Gasteiger partial charge in [-0.1, -0.05) is 11.6 Å². The maximum atomic E-state index is 14.5. The van der Waals surface area contributed by atoms with Crippen LogP contribution in [0.3, 0.4) is 0 Å². The van der Waals surface area contributed by atoms with E-state index in [1.807, 2.05) is 0 Å². The van der Waals surface area contributed by atoms with Crippen LogP contribution in [0.15, 0.2) is 54.7 Å². The number of carbonyl (C=O) groups excluding carboxylic acids is 1. The summed E-state index contributed by atoms with van der Waals surface area (Å²) >= 11 is 6.10. The van der Waals surface area contributed by atoms with Crippen molar-refractivity contribution < 1.29 is 36.2 Å². The minimum Gasteiger partial charge on any atom is -0.490 e. The molecule has 1 amide bonds. The lowest BCUT2D eigenvalue weighted by molar-refractivity contribution is 0.0898. The van der Waals surface area contributed by atoms with Gasteiger partial charge < -0.3 is 14.8 Å². The van der Waals surface area contributed by atoms with Gasteiger partial charge in [0, 0.05) is 34.8 Å². The standard InChI is InChI=1S/C31H25ClF5N3O3/c32-19-8-17-7-18(9-25(26(17)38-11-19)43-21-5-6-21)30(41)39-12-22(29(36)37)24-10-23-28(42-15-31(23,13-33)14-34)27(40-24)16-1-3-20(35)4-2-16/h1-4,7-11,21-22,29H,5-6,12-15H2,(H,39,41). The Morgan fingerprint density at radius 2 is 1.86 bits per heavy atom. The fraction of sp³-hybridized carbons (Fsp3) is 0.323. The van der Waals surface area contributed by atoms with Crippen LogP contribution < -0.4 is 14.8 Å². The number of pyridine rings is 2. The van der Waals surface area contributed by atoms with Crippen LogP contribution in [-0.4, -0.2) is 54.9 Å². The van der Waals surface area contributed by atoms with E-state index in [-0.39, 0.29) is 41.0 Å². The van der Waals surface area contributed by atoms with Gasteiger partial charge in [-0.05, 0) is 61.4 Å². The van der Waals surface area contributed by atoms with E-state index in [4.69, 9.17) is 21.1 Å². The summed E-state index contributed by atoms with van der Waals surface area (Å²) in [6.07, 6.45) is 0.200. The number of alkyl halides is 4. The molecule has 2 aromatic heterocycles. The maximum absolute atomic E-state index is 14.5. The first kappa shape index (κ1) is 29.1. The van der Waals surface area contributed by atoms with Crippen molar-refractivity contribution in [2.75, 3.05) is 26.5 Å². The van der Waals surface area contributed by atoms with Crippen LogP contribution in [0.25, 0.3) is 22.2 Å². The van der Waals surface area contributed by atoms with Crippen molar-refractivity contribution in [2.45, 2.75) is 36.7 Å². The smallest absolute Gasteiger partial charge is 0.251 e. The monoisotopic (exact) mass is 617 g/mol. The second-order valence-corrected chi connectivity index (χ2v) is 11.2. The van der Waals surface area contributed by atoms with Crippen LogP contribution in [0, 0.1) is 5.82 Å². The van der Waals surface area contributed by atoms with Crippen molar-refractivity contribution >= 4 is 28.4 Å². The maximum Gasteiger partial charge on any atom is 0.251 e. The van der Waals surface area contributed by atoms with Gasteiger partial charge in [-0.3, -0.25) is 9.78 Å². The minimum atomic E-state index is -3.01. The molecular formula is C31H25ClF5N3O3. The number of amides is 1. The molecule has 1 aliphatic carbocycles. The van der Waals surface area contributed by atoms with E-state index in [0.29, 0.717) is 27.2 Å². The Labute approximate surface area is 248 Å². The first-order chi connectivity index (χ1) is 20.7. The van der Waals surface area contributed by atoms with E-state index in [2.05, 4.69) is 15.3 Å². The van der Waals surface area contributed by atoms with Gasteiger partial charge in [-0.25, -0.2) is 26.9 Å². The Morgan fingerprint density at radius 3 is 2.53 bits per heavy atom. The van der Waals surface area contributed by atoms with Crippen molar-refractivity contribution in [3.05, 3.63) is 82.4 Å². The van der Waals surface area contributed by atoms with Crippen LogP contribution in [0.5, 0.6) is 11.5 Å². The summed E-state index contributed by atoms with van der Waals surface area (Å²) in [5, 5.41) is 3.43. The normalized spacial score (nSPS) is 16.2. The zero-order valence-corrected chi connectivity index (χ0v) is 23.3. The van der Waals surface area contributed by atoms with Gasteiger partial charge in [0.15, 0.2) is 0 Å². The quantitative estimate of drug-likeness (QED) is 0.195. The summed E-state index contributed by atoms with van der Waals surface area (Å²) in [6.45, 7) is -3.16. The molecule has 1 unspecified atom stereocenters. The number of hydrogen-bond acceptors (Lipinski definition) is 5. The highest BCUT2D eigenvalue weighted by atomic mass is 35.5. The molecular weight excluding hydrogens is 593 g/mol. The molecule has 0 radical (unpaired) electrons. The third-order valence-electron chi connectivity index (χ3n) is 7.65. The first-order valence-corrected chi connectivity index (χ1v) is 14.0. The first-order valence-electron chi connectivity index (χ1n) is 13.6. The average molecular weight is 618 g/mol. The molecule has 0 bridgehead atoms. The molecule has 1 N–H and O–H groups in total. The molecule has 3 heterocycles. The predicted molar refractivity (Wildman–Crippen MR) is 150 cm³/mol. The number of ether oxygens (including phenoxy) is 2. The Balaban J connectivity index is 1.34. The molecule has 6 nitrogen and oxygen atoms in total. The summed E-state index contributed by atoms with van der Waals surface area (Å²) in [5.41, 5.74) is -0.810. The van der Waals surface area contributed by atoms with Crippen LogP contribution in [0.1, 0.15) is 40.4 Å². The van der Waals surface area contributed by atoms with E-state index in [9.17, 15) is 26.7 Å². The Bertz CT molecular complexity index is 1680. The van der Waals surface area contributed by atoms with Gasteiger partial charge in [0.05, 0.1) is 28.2 Å². The number of hydrogen-bond donors (Lipinski definition) is 1. The molecule has 1 saturated carbocycles. The number of nitrogens with zero attached hydrogens (tertiary/aromatic N) is 2. The molecule has 12 heteroatoms. The summed E-state index contributed by atoms with van der Waals surface area (Å²) in [6, 6.07) is 10.9. The van der Waals surface area contributed by atoms with Crippen LogP contribution in [0.2, 0.25) is 5.02 Å². The molecule has 2 aliphatic rings. The highest BCUT2D eigenvalue weighted by Gasteiger charge is 2.44. The molecule has 1 aliphatic heterocycles. The van der Waals surface area contributed by atoms with Crippen LogP contribution in [0.4, 0.5) is 22.0 Å². The van der Waals surface area contributed by atoms with Crippen LogP contribution in [-0.2, 0) is 5.41 Å². The lowest BCUT2D eigenvalue weighted by Crippen LogP contribution is -2.34. The van der Waals surface area contributed by atoms with Crippen LogP contribution >= 0.6 is 11.6 Å². The van der Waals surface area contributed by atoms with Crippen molar-refractivity contribution in [2.24, 2.45) is 0 Å². The summed E-state index contributed by atoms with van der Waals surface area (Å²) in [7, 11) is 0. The van der Waals surface area contributed by atoms with Gasteiger partial charge >= 0.3 is 0 Å². The lowest BCUT2D eigenvalue weighted by atomic mass is 9.83. The Kier molecular flexibility index (Phi) is 7.85. The Morgan fingerprint density at radius 1 is 1.12 bits per heavy atom. The van der Waals surface area contributed by atoms with Gasteiger partial charge in [-0.2, -0.15) is 0 Å². The molecule has 0 saturated heterocycles. The molecule has 43 heavy (non-hydrogen) atoms. The third kappa shape index (κ3) is 5.70. The van der Waals surface area contributed by atoms with Crippen molar-refractivity contribution in [3.63, 3.8) is 0 Å². The van der Waals surface area contributed by atoms with Gasteiger partial charge in [0.2, 0.25) is 6.43 Å². The van der Waals surface area contributed by atoms with Gasteiger partial charge in [0.1, 0.15) is 48.5 Å².